The molecule has 0 saturated carbocycles. The van der Waals surface area contributed by atoms with Gasteiger partial charge in [0, 0.05) is 25.2 Å². The molecule has 1 amide bonds. The summed E-state index contributed by atoms with van der Waals surface area (Å²) in [7, 11) is 1.63. The highest BCUT2D eigenvalue weighted by atomic mass is 16.5. The van der Waals surface area contributed by atoms with E-state index in [0.717, 1.165) is 38.5 Å². The van der Waals surface area contributed by atoms with Crippen LogP contribution in [0.25, 0.3) is 0 Å². The molecule has 2 aliphatic heterocycles. The average Bonchev–Trinajstić information content (AvgIpc) is 3.22. The molecule has 0 unspecified atom stereocenters. The minimum atomic E-state index is 0.0889. The maximum absolute atomic E-state index is 13.0. The Morgan fingerprint density at radius 2 is 1.87 bits per heavy atom. The number of amides is 1. The van der Waals surface area contributed by atoms with Crippen molar-refractivity contribution in [1.29, 1.82) is 0 Å². The lowest BCUT2D eigenvalue weighted by molar-refractivity contribution is 0.0780. The Bertz CT molecular complexity index is 858. The summed E-state index contributed by atoms with van der Waals surface area (Å²) in [6, 6.07) is 18.3. The first-order chi connectivity index (χ1) is 14.7. The van der Waals surface area contributed by atoms with Crippen LogP contribution in [0.15, 0.2) is 67.3 Å². The Balaban J connectivity index is 1.34. The number of rotatable bonds is 6. The summed E-state index contributed by atoms with van der Waals surface area (Å²) >= 11 is 0. The van der Waals surface area contributed by atoms with Gasteiger partial charge in [-0.3, -0.25) is 4.79 Å². The van der Waals surface area contributed by atoms with Crippen molar-refractivity contribution < 1.29 is 9.53 Å². The van der Waals surface area contributed by atoms with Gasteiger partial charge in [0.15, 0.2) is 0 Å². The van der Waals surface area contributed by atoms with E-state index in [-0.39, 0.29) is 5.91 Å². The molecular formula is C26H32N2O2. The summed E-state index contributed by atoms with van der Waals surface area (Å²) in [5, 5.41) is 0. The number of hydrogen-bond donors (Lipinski definition) is 0. The molecule has 4 rings (SSSR count). The Labute approximate surface area is 180 Å². The van der Waals surface area contributed by atoms with Crippen LogP contribution in [0, 0.1) is 11.8 Å². The van der Waals surface area contributed by atoms with Crippen LogP contribution in [0.4, 0.5) is 0 Å². The van der Waals surface area contributed by atoms with Crippen molar-refractivity contribution in [3.05, 3.63) is 78.4 Å². The Morgan fingerprint density at radius 3 is 2.57 bits per heavy atom. The minimum Gasteiger partial charge on any atom is -0.497 e. The second kappa shape index (κ2) is 9.48. The standard InChI is InChI=1S/C26H32N2O2/c1-3-20-18-28(26(29)23-10-7-11-25(16-23)30-2)19-24(20)17-27-14-12-22(13-15-27)21-8-5-4-6-9-21/h3-11,16,20,22,24H,1,12-15,17-19H2,2H3/t20-,24-/m0/s1. The molecule has 2 atom stereocenters. The molecule has 2 aromatic carbocycles. The summed E-state index contributed by atoms with van der Waals surface area (Å²) in [4.78, 5) is 17.6. The molecule has 4 heteroatoms. The molecular weight excluding hydrogens is 372 g/mol. The fourth-order valence-electron chi connectivity index (χ4n) is 4.97. The first-order valence-electron chi connectivity index (χ1n) is 11.0. The van der Waals surface area contributed by atoms with Crippen molar-refractivity contribution in [1.82, 2.24) is 9.80 Å². The summed E-state index contributed by atoms with van der Waals surface area (Å²) in [6.07, 6.45) is 4.46. The van der Waals surface area contributed by atoms with Crippen LogP contribution in [-0.4, -0.2) is 55.5 Å². The number of ether oxygens (including phenoxy) is 1. The first-order valence-corrected chi connectivity index (χ1v) is 11.0. The first kappa shape index (κ1) is 20.7. The van der Waals surface area contributed by atoms with Crippen molar-refractivity contribution in [3.63, 3.8) is 0 Å². The molecule has 0 bridgehead atoms. The molecule has 0 spiro atoms. The van der Waals surface area contributed by atoms with Crippen LogP contribution >= 0.6 is 0 Å². The molecule has 2 fully saturated rings. The molecule has 0 radical (unpaired) electrons. The second-order valence-electron chi connectivity index (χ2n) is 8.59. The Kier molecular flexibility index (Phi) is 6.53. The van der Waals surface area contributed by atoms with Gasteiger partial charge in [-0.05, 0) is 67.4 Å². The van der Waals surface area contributed by atoms with Gasteiger partial charge < -0.3 is 14.5 Å². The fourth-order valence-corrected chi connectivity index (χ4v) is 4.97. The zero-order valence-electron chi connectivity index (χ0n) is 17.9. The highest BCUT2D eigenvalue weighted by molar-refractivity contribution is 5.94. The van der Waals surface area contributed by atoms with E-state index in [9.17, 15) is 4.79 Å². The number of carbonyl (C=O) groups excluding carboxylic acids is 1. The fraction of sp³-hybridized carbons (Fsp3) is 0.423. The van der Waals surface area contributed by atoms with Gasteiger partial charge in [-0.25, -0.2) is 0 Å². The largest absolute Gasteiger partial charge is 0.497 e. The van der Waals surface area contributed by atoms with Gasteiger partial charge in [-0.1, -0.05) is 42.5 Å². The van der Waals surface area contributed by atoms with Gasteiger partial charge in [-0.2, -0.15) is 0 Å². The highest BCUT2D eigenvalue weighted by Crippen LogP contribution is 2.31. The van der Waals surface area contributed by atoms with Gasteiger partial charge in [0.1, 0.15) is 5.75 Å². The van der Waals surface area contributed by atoms with E-state index in [1.807, 2.05) is 35.2 Å². The minimum absolute atomic E-state index is 0.0889. The van der Waals surface area contributed by atoms with E-state index in [4.69, 9.17) is 4.74 Å². The van der Waals surface area contributed by atoms with Gasteiger partial charge in [-0.15, -0.1) is 6.58 Å². The third kappa shape index (κ3) is 4.59. The summed E-state index contributed by atoms with van der Waals surface area (Å²) in [5.41, 5.74) is 2.17. The summed E-state index contributed by atoms with van der Waals surface area (Å²) < 4.78 is 5.28. The number of carbonyl (C=O) groups is 1. The molecule has 2 heterocycles. The number of methoxy groups -OCH3 is 1. The maximum Gasteiger partial charge on any atom is 0.254 e. The smallest absolute Gasteiger partial charge is 0.254 e. The van der Waals surface area contributed by atoms with Gasteiger partial charge in [0.25, 0.3) is 5.91 Å². The highest BCUT2D eigenvalue weighted by Gasteiger charge is 2.35. The third-order valence-electron chi connectivity index (χ3n) is 6.75. The number of benzene rings is 2. The predicted octanol–water partition coefficient (Wildman–Crippen LogP) is 4.45. The van der Waals surface area contributed by atoms with E-state index < -0.39 is 0 Å². The lowest BCUT2D eigenvalue weighted by atomic mass is 9.88. The molecule has 30 heavy (non-hydrogen) atoms. The van der Waals surface area contributed by atoms with Gasteiger partial charge in [0.05, 0.1) is 7.11 Å². The predicted molar refractivity (Wildman–Crippen MR) is 121 cm³/mol. The lowest BCUT2D eigenvalue weighted by Gasteiger charge is -2.34. The SMILES string of the molecule is C=C[C@H]1CN(C(=O)c2cccc(OC)c2)C[C@@H]1CN1CCC(c2ccccc2)CC1. The molecule has 2 aromatic rings. The van der Waals surface area contributed by atoms with Crippen molar-refractivity contribution in [2.45, 2.75) is 18.8 Å². The quantitative estimate of drug-likeness (QED) is 0.667. The molecule has 0 aliphatic carbocycles. The van der Waals surface area contributed by atoms with Crippen LogP contribution in [0.5, 0.6) is 5.75 Å². The van der Waals surface area contributed by atoms with E-state index in [1.54, 1.807) is 7.11 Å². The van der Waals surface area contributed by atoms with E-state index >= 15 is 0 Å². The number of hydrogen-bond acceptors (Lipinski definition) is 3. The molecule has 0 aromatic heterocycles. The zero-order valence-corrected chi connectivity index (χ0v) is 17.9. The number of nitrogens with zero attached hydrogens (tertiary/aromatic N) is 2. The summed E-state index contributed by atoms with van der Waals surface area (Å²) in [5.74, 6) is 2.29. The maximum atomic E-state index is 13.0. The molecule has 2 aliphatic rings. The molecule has 158 valence electrons. The molecule has 4 nitrogen and oxygen atoms in total. The normalized spacial score (nSPS) is 22.8. The monoisotopic (exact) mass is 404 g/mol. The van der Waals surface area contributed by atoms with Crippen molar-refractivity contribution in [2.24, 2.45) is 11.8 Å². The Hall–Kier alpha value is -2.59. The number of piperidine rings is 1. The zero-order chi connectivity index (χ0) is 20.9. The van der Waals surface area contributed by atoms with Crippen molar-refractivity contribution in [2.75, 3.05) is 39.8 Å². The number of likely N-dealkylation sites (tertiary alicyclic amines) is 2. The van der Waals surface area contributed by atoms with Crippen molar-refractivity contribution in [3.8, 4) is 5.75 Å². The van der Waals surface area contributed by atoms with E-state index in [2.05, 4.69) is 41.8 Å². The molecule has 0 N–H and O–H groups in total. The Morgan fingerprint density at radius 1 is 1.10 bits per heavy atom. The van der Waals surface area contributed by atoms with Crippen molar-refractivity contribution >= 4 is 5.91 Å². The van der Waals surface area contributed by atoms with Crippen LogP contribution < -0.4 is 4.74 Å². The van der Waals surface area contributed by atoms with Crippen LogP contribution in [0.1, 0.15) is 34.7 Å². The van der Waals surface area contributed by atoms with Crippen LogP contribution in [-0.2, 0) is 0 Å². The third-order valence-corrected chi connectivity index (χ3v) is 6.75. The summed E-state index contributed by atoms with van der Waals surface area (Å²) in [6.45, 7) is 8.91. The van der Waals surface area contributed by atoms with Gasteiger partial charge in [0.2, 0.25) is 0 Å². The second-order valence-corrected chi connectivity index (χ2v) is 8.59. The molecule has 2 saturated heterocycles. The topological polar surface area (TPSA) is 32.8 Å². The average molecular weight is 405 g/mol. The van der Waals surface area contributed by atoms with E-state index in [0.29, 0.717) is 23.3 Å². The van der Waals surface area contributed by atoms with E-state index in [1.165, 1.54) is 18.4 Å². The van der Waals surface area contributed by atoms with Crippen LogP contribution in [0.2, 0.25) is 0 Å². The van der Waals surface area contributed by atoms with Gasteiger partial charge >= 0.3 is 0 Å². The van der Waals surface area contributed by atoms with Crippen LogP contribution in [0.3, 0.4) is 0 Å². The lowest BCUT2D eigenvalue weighted by Crippen LogP contribution is -2.38.